The average Bonchev–Trinajstić information content (AvgIpc) is 3.77. The monoisotopic (exact) mass is 813 g/mol. The van der Waals surface area contributed by atoms with Crippen LogP contribution in [0.1, 0.15) is 41.4 Å². The van der Waals surface area contributed by atoms with Crippen LogP contribution in [0.5, 0.6) is 11.5 Å². The lowest BCUT2D eigenvalue weighted by molar-refractivity contribution is -0.150. The number of thiazole rings is 1. The van der Waals surface area contributed by atoms with Crippen molar-refractivity contribution in [3.63, 3.8) is 0 Å². The average molecular weight is 814 g/mol. The van der Waals surface area contributed by atoms with Gasteiger partial charge in [-0.2, -0.15) is 9.50 Å². The Kier molecular flexibility index (Phi) is 10.8. The largest absolute Gasteiger partial charge is 0.504 e. The molecular weight excluding hydrogens is 783 g/mol. The number of anilines is 1. The number of aryl methyl sites for hydroxylation is 1. The molecule has 288 valence electrons. The normalized spacial score (nSPS) is 17.1. The highest BCUT2D eigenvalue weighted by atomic mass is 32.2. The number of thioether (sulfide) groups is 2. The third-order valence-electron chi connectivity index (χ3n) is 7.94. The van der Waals surface area contributed by atoms with Crippen LogP contribution in [0.4, 0.5) is 5.13 Å². The van der Waals surface area contributed by atoms with Gasteiger partial charge in [-0.25, -0.2) is 14.8 Å². The number of carboxylic acids is 1. The van der Waals surface area contributed by atoms with Gasteiger partial charge >= 0.3 is 5.97 Å². The van der Waals surface area contributed by atoms with Crippen LogP contribution in [0, 0.1) is 6.92 Å². The molecule has 9 N–H and O–H groups in total. The summed E-state index contributed by atoms with van der Waals surface area (Å²) in [6.07, 6.45) is 0. The van der Waals surface area contributed by atoms with Crippen LogP contribution in [-0.2, 0) is 30.6 Å². The summed E-state index contributed by atoms with van der Waals surface area (Å²) in [5.74, 6) is -4.86. The van der Waals surface area contributed by atoms with Crippen LogP contribution in [-0.4, -0.2) is 114 Å². The number of hydrogen-bond acceptors (Lipinski definition) is 18. The van der Waals surface area contributed by atoms with Crippen molar-refractivity contribution < 1.29 is 49.2 Å². The fraction of sp³-hybridized carbons (Fsp3) is 0.290. The van der Waals surface area contributed by atoms with Gasteiger partial charge in [0.2, 0.25) is 5.60 Å². The number of amides is 4. The minimum absolute atomic E-state index is 0.0408. The number of nitrogens with zero attached hydrogens (tertiary/aromatic N) is 7. The van der Waals surface area contributed by atoms with Crippen molar-refractivity contribution in [2.75, 3.05) is 17.2 Å². The Bertz CT molecular complexity index is 2310. The fourth-order valence-electron chi connectivity index (χ4n) is 5.13. The number of oxime groups is 1. The van der Waals surface area contributed by atoms with Gasteiger partial charge in [-0.1, -0.05) is 5.16 Å². The number of aliphatic hydroxyl groups excluding tert-OH is 1. The van der Waals surface area contributed by atoms with Crippen LogP contribution in [0.15, 0.2) is 51.1 Å². The first-order valence-electron chi connectivity index (χ1n) is 15.9. The number of aromatic nitrogens is 5. The molecule has 0 bridgehead atoms. The molecule has 2 aliphatic rings. The van der Waals surface area contributed by atoms with Crippen molar-refractivity contribution in [2.45, 2.75) is 49.4 Å². The summed E-state index contributed by atoms with van der Waals surface area (Å²) in [6.45, 7) is 3.94. The molecule has 0 radical (unpaired) electrons. The number of phenolic OH excluding ortho intramolecular Hbond substituents is 2. The van der Waals surface area contributed by atoms with E-state index in [0.717, 1.165) is 28.4 Å². The molecule has 0 saturated carbocycles. The Morgan fingerprint density at radius 1 is 1.13 bits per heavy atom. The maximum absolute atomic E-state index is 13.6. The summed E-state index contributed by atoms with van der Waals surface area (Å²) in [4.78, 5) is 84.1. The lowest BCUT2D eigenvalue weighted by Gasteiger charge is -2.49. The zero-order valence-corrected chi connectivity index (χ0v) is 31.3. The first-order valence-corrected chi connectivity index (χ1v) is 18.8. The predicted octanol–water partition coefficient (Wildman–Crippen LogP) is -0.134. The topological polar surface area (TPSA) is 309 Å². The van der Waals surface area contributed by atoms with Crippen LogP contribution in [0.3, 0.4) is 0 Å². The first-order chi connectivity index (χ1) is 26.1. The highest BCUT2D eigenvalue weighted by Gasteiger charge is 2.54. The number of phenols is 2. The van der Waals surface area contributed by atoms with Crippen LogP contribution >= 0.6 is 34.9 Å². The number of nitrogens with one attached hydrogen (secondary N) is 3. The summed E-state index contributed by atoms with van der Waals surface area (Å²) in [6, 6.07) is 3.85. The van der Waals surface area contributed by atoms with Gasteiger partial charge in [0.05, 0.1) is 0 Å². The number of hydrazine groups is 1. The molecule has 3 aromatic heterocycles. The van der Waals surface area contributed by atoms with Crippen LogP contribution in [0.25, 0.3) is 5.78 Å². The Morgan fingerprint density at radius 3 is 2.56 bits per heavy atom. The van der Waals surface area contributed by atoms with Crippen molar-refractivity contribution in [2.24, 2.45) is 5.16 Å². The number of carbonyl (C=O) groups is 5. The number of nitrogen functional groups attached to an aromatic ring is 1. The summed E-state index contributed by atoms with van der Waals surface area (Å²) in [7, 11) is 0. The van der Waals surface area contributed by atoms with Gasteiger partial charge < -0.3 is 36.3 Å². The van der Waals surface area contributed by atoms with Crippen molar-refractivity contribution in [1.29, 1.82) is 0 Å². The van der Waals surface area contributed by atoms with E-state index in [1.165, 1.54) is 53.3 Å². The summed E-state index contributed by atoms with van der Waals surface area (Å²) < 4.78 is 1.44. The molecule has 6 rings (SSSR count). The lowest BCUT2D eigenvalue weighted by atomic mass is 10.0. The Balaban J connectivity index is 1.14. The first kappa shape index (κ1) is 38.7. The molecule has 55 heavy (non-hydrogen) atoms. The van der Waals surface area contributed by atoms with Crippen molar-refractivity contribution in [3.8, 4) is 11.5 Å². The standard InChI is InChI=1S/C31H31N11O10S3/c1-12-6-19(42-30(33-12)35-18(8-43)39-42)53-9-14-10-54-26-21(25(48)41(26)22(14)27(49)50)36-24(47)20(15-11-55-29(32)34-15)40-52-31(2,3)28(51)38-37-23(46)13-4-5-16(44)17(45)7-13/h4-7,11,21,26,43-45H,8-10H2,1-3H3,(H2,32,34)(H,36,47)(H,37,46)(H,38,51)(H,49,50)/t21?,26-/m1/s1. The molecule has 0 aliphatic carbocycles. The second kappa shape index (κ2) is 15.4. The van der Waals surface area contributed by atoms with E-state index in [0.29, 0.717) is 16.3 Å². The molecule has 1 saturated heterocycles. The van der Waals surface area contributed by atoms with Gasteiger partial charge in [-0.05, 0) is 50.6 Å². The van der Waals surface area contributed by atoms with E-state index in [1.54, 1.807) is 13.0 Å². The molecule has 4 aromatic rings. The lowest BCUT2D eigenvalue weighted by Crippen LogP contribution is -2.71. The maximum atomic E-state index is 13.6. The minimum Gasteiger partial charge on any atom is -0.504 e. The van der Waals surface area contributed by atoms with Crippen molar-refractivity contribution in [3.05, 3.63) is 63.7 Å². The number of nitrogens with two attached hydrogens (primary N) is 1. The Labute approximate surface area is 322 Å². The number of fused-ring (bicyclic) bond motifs is 2. The SMILES string of the molecule is Cc1cc(SCC2=C(C(=O)O)N3C(=O)C(NC(=O)C(=NOC(C)(C)C(=O)NNC(=O)c4ccc(O)c(O)c4)c4csc(N)n4)[C@H]3SC2)n2nc(CO)nc2n1. The van der Waals surface area contributed by atoms with E-state index >= 15 is 0 Å². The molecular formula is C31H31N11O10S3. The number of aliphatic carboxylic acids is 1. The van der Waals surface area contributed by atoms with Crippen LogP contribution < -0.4 is 21.9 Å². The van der Waals surface area contributed by atoms with Crippen LogP contribution in [0.2, 0.25) is 0 Å². The van der Waals surface area contributed by atoms with E-state index in [2.05, 4.69) is 41.4 Å². The van der Waals surface area contributed by atoms with E-state index in [-0.39, 0.29) is 51.8 Å². The Hall–Kier alpha value is -5.98. The van der Waals surface area contributed by atoms with Gasteiger partial charge in [0, 0.05) is 28.1 Å². The highest BCUT2D eigenvalue weighted by Crippen LogP contribution is 2.41. The number of aromatic hydroxyl groups is 2. The molecule has 2 atom stereocenters. The van der Waals surface area contributed by atoms with Gasteiger partial charge in [0.25, 0.3) is 29.4 Å². The number of carbonyl (C=O) groups excluding carboxylic acids is 4. The minimum atomic E-state index is -1.81. The summed E-state index contributed by atoms with van der Waals surface area (Å²) in [5.41, 5.74) is 8.56. The zero-order chi connectivity index (χ0) is 39.8. The fourth-order valence-corrected chi connectivity index (χ4v) is 8.22. The Morgan fingerprint density at radius 2 is 1.89 bits per heavy atom. The zero-order valence-electron chi connectivity index (χ0n) is 28.8. The second-order valence-corrected chi connectivity index (χ2v) is 15.3. The number of carboxylic acid groups (broad SMARTS) is 1. The number of benzene rings is 1. The molecule has 1 fully saturated rings. The van der Waals surface area contributed by atoms with Gasteiger partial charge in [-0.15, -0.1) is 40.0 Å². The third-order valence-corrected chi connectivity index (χ3v) is 11.0. The number of rotatable bonds is 12. The van der Waals surface area contributed by atoms with Gasteiger partial charge in [0.1, 0.15) is 34.4 Å². The quantitative estimate of drug-likeness (QED) is 0.0231. The van der Waals surface area contributed by atoms with Gasteiger partial charge in [0.15, 0.2) is 28.2 Å². The highest BCUT2D eigenvalue weighted by molar-refractivity contribution is 8.01. The smallest absolute Gasteiger partial charge is 0.352 e. The summed E-state index contributed by atoms with van der Waals surface area (Å²) >= 11 is 3.48. The third kappa shape index (κ3) is 7.96. The van der Waals surface area contributed by atoms with E-state index in [4.69, 9.17) is 10.6 Å². The predicted molar refractivity (Wildman–Crippen MR) is 195 cm³/mol. The van der Waals surface area contributed by atoms with Crippen molar-refractivity contribution >= 4 is 81.1 Å². The number of β-lactam (4-membered cyclic amide) rings is 1. The number of hydrogen-bond donors (Lipinski definition) is 8. The van der Waals surface area contributed by atoms with E-state index < -0.39 is 63.8 Å². The molecule has 1 unspecified atom stereocenters. The molecule has 5 heterocycles. The molecule has 21 nitrogen and oxygen atoms in total. The molecule has 2 aliphatic heterocycles. The summed E-state index contributed by atoms with van der Waals surface area (Å²) in [5, 5.41) is 50.7. The molecule has 4 amide bonds. The van der Waals surface area contributed by atoms with Crippen molar-refractivity contribution in [1.82, 2.24) is 45.6 Å². The molecule has 0 spiro atoms. The number of aliphatic hydroxyl groups is 1. The molecule has 24 heteroatoms. The van der Waals surface area contributed by atoms with E-state index in [1.807, 2.05) is 0 Å². The van der Waals surface area contributed by atoms with Gasteiger partial charge in [-0.3, -0.25) is 34.9 Å². The second-order valence-electron chi connectivity index (χ2n) is 12.3. The van der Waals surface area contributed by atoms with E-state index in [9.17, 15) is 44.4 Å². The maximum Gasteiger partial charge on any atom is 0.352 e. The molecule has 1 aromatic carbocycles.